The number of nitrogens with zero attached hydrogens (tertiary/aromatic N) is 3. The minimum Gasteiger partial charge on any atom is -0.383 e. The number of alkyl halides is 3. The summed E-state index contributed by atoms with van der Waals surface area (Å²) in [6, 6.07) is 3.66. The third-order valence-corrected chi connectivity index (χ3v) is 2.72. The average Bonchev–Trinajstić information content (AvgIpc) is 2.76. The molecule has 1 heterocycles. The number of nitriles is 1. The Hall–Kier alpha value is -2.07. The van der Waals surface area contributed by atoms with Gasteiger partial charge in [0, 0.05) is 13.7 Å². The maximum atomic E-state index is 12.8. The van der Waals surface area contributed by atoms with E-state index in [1.165, 1.54) is 13.4 Å². The van der Waals surface area contributed by atoms with Crippen molar-refractivity contribution in [1.29, 1.82) is 5.26 Å². The summed E-state index contributed by atoms with van der Waals surface area (Å²) >= 11 is 0. The zero-order chi connectivity index (χ0) is 14.0. The molecule has 0 aliphatic rings. The largest absolute Gasteiger partial charge is 0.417 e. The van der Waals surface area contributed by atoms with Gasteiger partial charge in [0.2, 0.25) is 0 Å². The van der Waals surface area contributed by atoms with Gasteiger partial charge >= 0.3 is 6.18 Å². The van der Waals surface area contributed by atoms with Gasteiger partial charge in [-0.05, 0) is 12.1 Å². The van der Waals surface area contributed by atoms with E-state index >= 15 is 0 Å². The van der Waals surface area contributed by atoms with E-state index in [-0.39, 0.29) is 0 Å². The lowest BCUT2D eigenvalue weighted by Crippen LogP contribution is -2.09. The molecule has 2 rings (SSSR count). The molecule has 19 heavy (non-hydrogen) atoms. The van der Waals surface area contributed by atoms with E-state index in [4.69, 9.17) is 10.00 Å². The first kappa shape index (κ1) is 13.4. The fraction of sp³-hybridized carbons (Fsp3) is 0.333. The van der Waals surface area contributed by atoms with Crippen LogP contribution in [-0.2, 0) is 17.5 Å². The standard InChI is InChI=1S/C12H10F3N3O/c1-19-3-2-18-7-17-10-4-8(6-16)9(5-11(10)18)12(13,14)15/h4-5,7H,2-3H2,1H3. The zero-order valence-corrected chi connectivity index (χ0v) is 10.0. The number of fused-ring (bicyclic) bond motifs is 1. The van der Waals surface area contributed by atoms with Crippen molar-refractivity contribution >= 4 is 11.0 Å². The molecule has 1 aromatic heterocycles. The Morgan fingerprint density at radius 3 is 2.74 bits per heavy atom. The molecule has 0 spiro atoms. The normalized spacial score (nSPS) is 11.7. The first-order chi connectivity index (χ1) is 8.97. The van der Waals surface area contributed by atoms with Gasteiger partial charge in [-0.3, -0.25) is 0 Å². The minimum atomic E-state index is -4.56. The Balaban J connectivity index is 2.59. The van der Waals surface area contributed by atoms with E-state index in [0.717, 1.165) is 12.1 Å². The molecule has 0 saturated carbocycles. The summed E-state index contributed by atoms with van der Waals surface area (Å²) in [6.07, 6.45) is -3.12. The van der Waals surface area contributed by atoms with Crippen LogP contribution in [0.3, 0.4) is 0 Å². The molecule has 0 atom stereocenters. The zero-order valence-electron chi connectivity index (χ0n) is 10.0. The highest BCUT2D eigenvalue weighted by atomic mass is 19.4. The number of hydrogen-bond acceptors (Lipinski definition) is 3. The van der Waals surface area contributed by atoms with Gasteiger partial charge in [-0.1, -0.05) is 0 Å². The molecule has 4 nitrogen and oxygen atoms in total. The summed E-state index contributed by atoms with van der Waals surface area (Å²) < 4.78 is 45.0. The van der Waals surface area contributed by atoms with Crippen molar-refractivity contribution in [1.82, 2.24) is 9.55 Å². The molecular weight excluding hydrogens is 259 g/mol. The molecule has 0 fully saturated rings. The molecule has 1 aromatic carbocycles. The quantitative estimate of drug-likeness (QED) is 0.860. The van der Waals surface area contributed by atoms with Crippen molar-refractivity contribution in [3.05, 3.63) is 29.6 Å². The Bertz CT molecular complexity index is 640. The van der Waals surface area contributed by atoms with Crippen molar-refractivity contribution in [2.45, 2.75) is 12.7 Å². The van der Waals surface area contributed by atoms with Crippen LogP contribution in [0, 0.1) is 11.3 Å². The average molecular weight is 269 g/mol. The van der Waals surface area contributed by atoms with Gasteiger partial charge in [0.1, 0.15) is 0 Å². The number of methoxy groups -OCH3 is 1. The molecule has 0 N–H and O–H groups in total. The van der Waals surface area contributed by atoms with Crippen molar-refractivity contribution in [2.75, 3.05) is 13.7 Å². The summed E-state index contributed by atoms with van der Waals surface area (Å²) in [5.41, 5.74) is -0.664. The Morgan fingerprint density at radius 1 is 1.42 bits per heavy atom. The first-order valence-corrected chi connectivity index (χ1v) is 5.42. The van der Waals surface area contributed by atoms with Gasteiger partial charge in [-0.15, -0.1) is 0 Å². The van der Waals surface area contributed by atoms with Crippen LogP contribution >= 0.6 is 0 Å². The third-order valence-electron chi connectivity index (χ3n) is 2.72. The highest BCUT2D eigenvalue weighted by Crippen LogP contribution is 2.34. The predicted molar refractivity (Wildman–Crippen MR) is 61.3 cm³/mol. The van der Waals surface area contributed by atoms with Gasteiger partial charge in [0.15, 0.2) is 0 Å². The maximum absolute atomic E-state index is 12.8. The monoisotopic (exact) mass is 269 g/mol. The van der Waals surface area contributed by atoms with Gasteiger partial charge in [-0.2, -0.15) is 18.4 Å². The van der Waals surface area contributed by atoms with E-state index in [1.54, 1.807) is 10.6 Å². The molecule has 0 bridgehead atoms. The van der Waals surface area contributed by atoms with Crippen molar-refractivity contribution < 1.29 is 17.9 Å². The topological polar surface area (TPSA) is 50.8 Å². The molecule has 7 heteroatoms. The fourth-order valence-electron chi connectivity index (χ4n) is 1.80. The second kappa shape index (κ2) is 4.90. The predicted octanol–water partition coefficient (Wildman–Crippen LogP) is 2.57. The van der Waals surface area contributed by atoms with Gasteiger partial charge in [0.25, 0.3) is 0 Å². The molecule has 0 aliphatic carbocycles. The summed E-state index contributed by atoms with van der Waals surface area (Å²) in [4.78, 5) is 3.99. The lowest BCUT2D eigenvalue weighted by molar-refractivity contribution is -0.137. The SMILES string of the molecule is COCCn1cnc2cc(C#N)c(C(F)(F)F)cc21. The van der Waals surface area contributed by atoms with Crippen molar-refractivity contribution in [2.24, 2.45) is 0 Å². The number of hydrogen-bond donors (Lipinski definition) is 0. The minimum absolute atomic E-state index is 0.336. The fourth-order valence-corrected chi connectivity index (χ4v) is 1.80. The molecule has 0 radical (unpaired) electrons. The summed E-state index contributed by atoms with van der Waals surface area (Å²) in [6.45, 7) is 0.767. The van der Waals surface area contributed by atoms with E-state index in [1.807, 2.05) is 0 Å². The van der Waals surface area contributed by atoms with E-state index in [9.17, 15) is 13.2 Å². The van der Waals surface area contributed by atoms with E-state index in [2.05, 4.69) is 4.98 Å². The number of rotatable bonds is 3. The maximum Gasteiger partial charge on any atom is 0.417 e. The van der Waals surface area contributed by atoms with Gasteiger partial charge in [0.05, 0.1) is 41.2 Å². The second-order valence-electron chi connectivity index (χ2n) is 3.93. The van der Waals surface area contributed by atoms with Crippen LogP contribution in [0.15, 0.2) is 18.5 Å². The van der Waals surface area contributed by atoms with Gasteiger partial charge < -0.3 is 9.30 Å². The third kappa shape index (κ3) is 2.53. The number of ether oxygens (including phenoxy) is 1. The second-order valence-corrected chi connectivity index (χ2v) is 3.93. The summed E-state index contributed by atoms with van der Waals surface area (Å²) in [7, 11) is 1.51. The van der Waals surface area contributed by atoms with Crippen LogP contribution in [0.1, 0.15) is 11.1 Å². The van der Waals surface area contributed by atoms with Crippen molar-refractivity contribution in [3.63, 3.8) is 0 Å². The Labute approximate surface area is 107 Å². The number of benzene rings is 1. The number of aromatic nitrogens is 2. The molecule has 100 valence electrons. The highest BCUT2D eigenvalue weighted by molar-refractivity contribution is 5.78. The van der Waals surface area contributed by atoms with E-state index < -0.39 is 17.3 Å². The molecule has 2 aromatic rings. The molecular formula is C12H10F3N3O. The van der Waals surface area contributed by atoms with Crippen LogP contribution in [-0.4, -0.2) is 23.3 Å². The lowest BCUT2D eigenvalue weighted by Gasteiger charge is -2.10. The summed E-state index contributed by atoms with van der Waals surface area (Å²) in [5.74, 6) is 0. The Morgan fingerprint density at radius 2 is 2.16 bits per heavy atom. The smallest absolute Gasteiger partial charge is 0.383 e. The number of halogens is 3. The van der Waals surface area contributed by atoms with Crippen LogP contribution in [0.2, 0.25) is 0 Å². The van der Waals surface area contributed by atoms with Gasteiger partial charge in [-0.25, -0.2) is 4.98 Å². The van der Waals surface area contributed by atoms with Crippen molar-refractivity contribution in [3.8, 4) is 6.07 Å². The van der Waals surface area contributed by atoms with Crippen LogP contribution < -0.4 is 0 Å². The first-order valence-electron chi connectivity index (χ1n) is 5.42. The van der Waals surface area contributed by atoms with Crippen LogP contribution in [0.5, 0.6) is 0 Å². The molecule has 0 saturated heterocycles. The van der Waals surface area contributed by atoms with Crippen LogP contribution in [0.25, 0.3) is 11.0 Å². The Kier molecular flexibility index (Phi) is 3.44. The van der Waals surface area contributed by atoms with Crippen LogP contribution in [0.4, 0.5) is 13.2 Å². The summed E-state index contributed by atoms with van der Waals surface area (Å²) in [5, 5.41) is 8.78. The lowest BCUT2D eigenvalue weighted by atomic mass is 10.1. The highest BCUT2D eigenvalue weighted by Gasteiger charge is 2.34. The molecule has 0 aliphatic heterocycles. The van der Waals surface area contributed by atoms with E-state index in [0.29, 0.717) is 24.2 Å². The molecule has 0 amide bonds. The molecule has 0 unspecified atom stereocenters. The number of imidazole rings is 1.